The lowest BCUT2D eigenvalue weighted by atomic mass is 10.3. The molecular weight excluding hydrogens is 282 g/mol. The van der Waals surface area contributed by atoms with Crippen LogP contribution in [0.25, 0.3) is 0 Å². The Kier molecular flexibility index (Phi) is 3.67. The first-order chi connectivity index (χ1) is 6.91. The first-order valence-electron chi connectivity index (χ1n) is 3.65. The van der Waals surface area contributed by atoms with E-state index in [-0.39, 0.29) is 4.47 Å². The first-order valence-corrected chi connectivity index (χ1v) is 4.44. The molecule has 7 heteroatoms. The third-order valence-electron chi connectivity index (χ3n) is 1.45. The van der Waals surface area contributed by atoms with Crippen LogP contribution in [0.3, 0.4) is 0 Å². The average Bonchev–Trinajstić information content (AvgIpc) is 2.10. The molecule has 0 saturated heterocycles. The molecule has 15 heavy (non-hydrogen) atoms. The van der Waals surface area contributed by atoms with Gasteiger partial charge in [-0.3, -0.25) is 4.79 Å². The van der Waals surface area contributed by atoms with Crippen molar-refractivity contribution in [3.63, 3.8) is 0 Å². The number of rotatable bonds is 2. The maximum absolute atomic E-state index is 13.0. The van der Waals surface area contributed by atoms with E-state index in [9.17, 15) is 22.4 Å². The summed E-state index contributed by atoms with van der Waals surface area (Å²) in [5, 5.41) is 1.45. The van der Waals surface area contributed by atoms with E-state index < -0.39 is 29.7 Å². The molecule has 1 aromatic rings. The molecule has 0 fully saturated rings. The van der Waals surface area contributed by atoms with Gasteiger partial charge in [0.2, 0.25) is 0 Å². The largest absolute Gasteiger partial charge is 0.316 e. The molecule has 1 N–H and O–H groups in total. The fraction of sp³-hybridized carbons (Fsp3) is 0.125. The first kappa shape index (κ1) is 12.0. The molecule has 0 aliphatic heterocycles. The zero-order valence-corrected chi connectivity index (χ0v) is 8.62. The molecule has 0 aliphatic carbocycles. The molecule has 0 unspecified atom stereocenters. The molecular formula is C8H4BrF4NO. The third kappa shape index (κ3) is 2.92. The summed E-state index contributed by atoms with van der Waals surface area (Å²) in [6.45, 7) is 0. The summed E-state index contributed by atoms with van der Waals surface area (Å²) < 4.78 is 49.7. The number of alkyl halides is 2. The summed E-state index contributed by atoms with van der Waals surface area (Å²) in [7, 11) is 0. The van der Waals surface area contributed by atoms with Gasteiger partial charge >= 0.3 is 6.43 Å². The SMILES string of the molecule is O=C(Nc1c(F)cc(Br)cc1F)C(F)F. The lowest BCUT2D eigenvalue weighted by molar-refractivity contribution is -0.126. The lowest BCUT2D eigenvalue weighted by Crippen LogP contribution is -2.21. The minimum atomic E-state index is -3.33. The number of amides is 1. The van der Waals surface area contributed by atoms with E-state index in [1.165, 1.54) is 5.32 Å². The van der Waals surface area contributed by atoms with Crippen LogP contribution in [0, 0.1) is 11.6 Å². The molecule has 0 saturated carbocycles. The summed E-state index contributed by atoms with van der Waals surface area (Å²) in [5.74, 6) is -4.01. The molecule has 0 bridgehead atoms. The second-order valence-corrected chi connectivity index (χ2v) is 3.45. The molecule has 1 rings (SSSR count). The predicted molar refractivity (Wildman–Crippen MR) is 48.7 cm³/mol. The van der Waals surface area contributed by atoms with Gasteiger partial charge in [0.25, 0.3) is 5.91 Å². The number of benzene rings is 1. The molecule has 82 valence electrons. The van der Waals surface area contributed by atoms with Crippen LogP contribution >= 0.6 is 15.9 Å². The zero-order chi connectivity index (χ0) is 11.6. The van der Waals surface area contributed by atoms with Crippen LogP contribution in [0.1, 0.15) is 0 Å². The Balaban J connectivity index is 3.00. The summed E-state index contributed by atoms with van der Waals surface area (Å²) in [6.07, 6.45) is -3.33. The van der Waals surface area contributed by atoms with Gasteiger partial charge in [-0.2, -0.15) is 8.78 Å². The lowest BCUT2D eigenvalue weighted by Gasteiger charge is -2.07. The van der Waals surface area contributed by atoms with Gasteiger partial charge in [-0.15, -0.1) is 0 Å². The number of anilines is 1. The van der Waals surface area contributed by atoms with Crippen LogP contribution < -0.4 is 5.32 Å². The Morgan fingerprint density at radius 1 is 1.27 bits per heavy atom. The van der Waals surface area contributed by atoms with Gasteiger partial charge in [-0.1, -0.05) is 15.9 Å². The van der Waals surface area contributed by atoms with Gasteiger partial charge < -0.3 is 5.32 Å². The molecule has 0 spiro atoms. The van der Waals surface area contributed by atoms with E-state index >= 15 is 0 Å². The van der Waals surface area contributed by atoms with Crippen molar-refractivity contribution in [1.29, 1.82) is 0 Å². The molecule has 0 radical (unpaired) electrons. The Labute approximate surface area is 90.4 Å². The summed E-state index contributed by atoms with van der Waals surface area (Å²) >= 11 is 2.80. The highest BCUT2D eigenvalue weighted by Gasteiger charge is 2.19. The van der Waals surface area contributed by atoms with Gasteiger partial charge in [0, 0.05) is 4.47 Å². The Morgan fingerprint density at radius 2 is 1.73 bits per heavy atom. The van der Waals surface area contributed by atoms with Crippen molar-refractivity contribution in [2.45, 2.75) is 6.43 Å². The molecule has 1 amide bonds. The normalized spacial score (nSPS) is 10.5. The van der Waals surface area contributed by atoms with Gasteiger partial charge in [-0.25, -0.2) is 8.78 Å². The maximum atomic E-state index is 13.0. The highest BCUT2D eigenvalue weighted by Crippen LogP contribution is 2.23. The standard InChI is InChI=1S/C8H4BrF4NO/c9-3-1-4(10)6(5(11)2-3)14-8(15)7(12)13/h1-2,7H,(H,14,15). The molecule has 0 atom stereocenters. The Morgan fingerprint density at radius 3 is 2.13 bits per heavy atom. The topological polar surface area (TPSA) is 29.1 Å². The minimum absolute atomic E-state index is 0.104. The predicted octanol–water partition coefficient (Wildman–Crippen LogP) is 2.93. The maximum Gasteiger partial charge on any atom is 0.315 e. The number of carbonyl (C=O) groups is 1. The number of carbonyl (C=O) groups excluding carboxylic acids is 1. The fourth-order valence-corrected chi connectivity index (χ4v) is 1.24. The van der Waals surface area contributed by atoms with E-state index in [4.69, 9.17) is 0 Å². The third-order valence-corrected chi connectivity index (χ3v) is 1.91. The monoisotopic (exact) mass is 285 g/mol. The number of nitrogens with one attached hydrogen (secondary N) is 1. The summed E-state index contributed by atoms with van der Waals surface area (Å²) in [6, 6.07) is 1.70. The Hall–Kier alpha value is -1.11. The summed E-state index contributed by atoms with van der Waals surface area (Å²) in [5.41, 5.74) is -0.886. The van der Waals surface area contributed by atoms with E-state index in [1.807, 2.05) is 0 Å². The van der Waals surface area contributed by atoms with Gasteiger partial charge in [0.15, 0.2) is 11.6 Å². The number of hydrogen-bond donors (Lipinski definition) is 1. The van der Waals surface area contributed by atoms with Crippen LogP contribution in [0.4, 0.5) is 23.2 Å². The average molecular weight is 286 g/mol. The van der Waals surface area contributed by atoms with Crippen molar-refractivity contribution in [3.05, 3.63) is 28.2 Å². The summed E-state index contributed by atoms with van der Waals surface area (Å²) in [4.78, 5) is 10.5. The van der Waals surface area contributed by atoms with Crippen LogP contribution in [0.2, 0.25) is 0 Å². The number of halogens is 5. The van der Waals surface area contributed by atoms with Crippen molar-refractivity contribution in [1.82, 2.24) is 0 Å². The second kappa shape index (κ2) is 4.61. The van der Waals surface area contributed by atoms with Gasteiger partial charge in [-0.05, 0) is 12.1 Å². The van der Waals surface area contributed by atoms with E-state index in [0.717, 1.165) is 12.1 Å². The molecule has 0 aromatic heterocycles. The smallest absolute Gasteiger partial charge is 0.315 e. The van der Waals surface area contributed by atoms with Gasteiger partial charge in [0.05, 0.1) is 0 Å². The van der Waals surface area contributed by atoms with E-state index in [1.54, 1.807) is 0 Å². The molecule has 0 heterocycles. The molecule has 0 aliphatic rings. The fourth-order valence-electron chi connectivity index (χ4n) is 0.839. The molecule has 2 nitrogen and oxygen atoms in total. The van der Waals surface area contributed by atoms with Crippen molar-refractivity contribution < 1.29 is 22.4 Å². The van der Waals surface area contributed by atoms with Crippen LogP contribution in [0.15, 0.2) is 16.6 Å². The van der Waals surface area contributed by atoms with Crippen LogP contribution in [0.5, 0.6) is 0 Å². The molecule has 1 aromatic carbocycles. The zero-order valence-electron chi connectivity index (χ0n) is 7.03. The van der Waals surface area contributed by atoms with Crippen LogP contribution in [-0.2, 0) is 4.79 Å². The minimum Gasteiger partial charge on any atom is -0.316 e. The van der Waals surface area contributed by atoms with E-state index in [0.29, 0.717) is 0 Å². The van der Waals surface area contributed by atoms with Crippen molar-refractivity contribution in [2.24, 2.45) is 0 Å². The highest BCUT2D eigenvalue weighted by molar-refractivity contribution is 9.10. The van der Waals surface area contributed by atoms with Gasteiger partial charge in [0.1, 0.15) is 5.69 Å². The Bertz CT molecular complexity index is 373. The number of hydrogen-bond acceptors (Lipinski definition) is 1. The van der Waals surface area contributed by atoms with Crippen molar-refractivity contribution in [3.8, 4) is 0 Å². The highest BCUT2D eigenvalue weighted by atomic mass is 79.9. The van der Waals surface area contributed by atoms with Crippen molar-refractivity contribution in [2.75, 3.05) is 5.32 Å². The second-order valence-electron chi connectivity index (χ2n) is 2.53. The van der Waals surface area contributed by atoms with E-state index in [2.05, 4.69) is 15.9 Å². The quantitative estimate of drug-likeness (QED) is 0.832. The van der Waals surface area contributed by atoms with Crippen molar-refractivity contribution >= 4 is 27.5 Å². The van der Waals surface area contributed by atoms with Crippen LogP contribution in [-0.4, -0.2) is 12.3 Å².